The first-order valence-corrected chi connectivity index (χ1v) is 11.0. The lowest BCUT2D eigenvalue weighted by Crippen LogP contribution is -2.19. The molecule has 2 aromatic heterocycles. The van der Waals surface area contributed by atoms with Crippen molar-refractivity contribution in [2.75, 3.05) is 11.9 Å². The number of carbonyl (C=O) groups excluding carboxylic acids is 1. The number of ether oxygens (including phenoxy) is 1. The average molecular weight is 445 g/mol. The second-order valence-corrected chi connectivity index (χ2v) is 8.82. The van der Waals surface area contributed by atoms with Crippen LogP contribution in [0.2, 0.25) is 0 Å². The fourth-order valence-electron chi connectivity index (χ4n) is 4.45. The number of carboxylic acid groups (broad SMARTS) is 1. The Bertz CT molecular complexity index is 1350. The van der Waals surface area contributed by atoms with E-state index in [0.29, 0.717) is 10.2 Å². The van der Waals surface area contributed by atoms with E-state index in [0.717, 1.165) is 44.8 Å². The van der Waals surface area contributed by atoms with Gasteiger partial charge in [-0.15, -0.1) is 11.3 Å². The normalized spacial score (nSPS) is 12.4. The predicted octanol–water partition coefficient (Wildman–Crippen LogP) is 5.97. The summed E-state index contributed by atoms with van der Waals surface area (Å²) in [7, 11) is 0. The van der Waals surface area contributed by atoms with Crippen molar-refractivity contribution in [2.24, 2.45) is 0 Å². The van der Waals surface area contributed by atoms with E-state index >= 15 is 0 Å². The molecule has 2 aromatic carbocycles. The van der Waals surface area contributed by atoms with Crippen LogP contribution in [0, 0.1) is 13.8 Å². The number of hydrogen-bond acceptors (Lipinski definition) is 5. The van der Waals surface area contributed by atoms with Crippen LogP contribution in [0.25, 0.3) is 21.3 Å². The molecule has 32 heavy (non-hydrogen) atoms. The highest BCUT2D eigenvalue weighted by Crippen LogP contribution is 2.44. The van der Waals surface area contributed by atoms with E-state index in [4.69, 9.17) is 4.74 Å². The molecule has 2 heterocycles. The Morgan fingerprint density at radius 1 is 1.06 bits per heavy atom. The number of fused-ring (bicyclic) bond motifs is 4. The number of carbonyl (C=O) groups is 2. The van der Waals surface area contributed by atoms with Gasteiger partial charge in [-0.2, -0.15) is 0 Å². The summed E-state index contributed by atoms with van der Waals surface area (Å²) < 4.78 is 5.60. The van der Waals surface area contributed by atoms with Crippen molar-refractivity contribution in [1.82, 2.24) is 4.98 Å². The van der Waals surface area contributed by atoms with E-state index in [-0.39, 0.29) is 23.1 Å². The highest BCUT2D eigenvalue weighted by atomic mass is 32.1. The number of thiophene rings is 1. The van der Waals surface area contributed by atoms with E-state index in [1.165, 1.54) is 0 Å². The lowest BCUT2D eigenvalue weighted by Gasteiger charge is -2.15. The van der Waals surface area contributed by atoms with Crippen LogP contribution in [0.4, 0.5) is 10.5 Å². The lowest BCUT2D eigenvalue weighted by molar-refractivity contribution is 0.0703. The van der Waals surface area contributed by atoms with Crippen LogP contribution < -0.4 is 5.32 Å². The summed E-state index contributed by atoms with van der Waals surface area (Å²) >= 11 is 1.05. The quantitative estimate of drug-likeness (QED) is 0.405. The number of benzene rings is 2. The number of rotatable bonds is 4. The Balaban J connectivity index is 1.42. The summed E-state index contributed by atoms with van der Waals surface area (Å²) in [6, 6.07) is 18.1. The largest absolute Gasteiger partial charge is 0.477 e. The first kappa shape index (κ1) is 20.2. The molecule has 0 bridgehead atoms. The average Bonchev–Trinajstić information content (AvgIpc) is 3.28. The van der Waals surface area contributed by atoms with Crippen molar-refractivity contribution in [3.8, 4) is 11.1 Å². The van der Waals surface area contributed by atoms with Crippen LogP contribution in [-0.4, -0.2) is 28.8 Å². The van der Waals surface area contributed by atoms with Crippen molar-refractivity contribution in [3.05, 3.63) is 81.9 Å². The van der Waals surface area contributed by atoms with Gasteiger partial charge in [0.1, 0.15) is 16.3 Å². The molecule has 0 aliphatic heterocycles. The smallest absolute Gasteiger partial charge is 0.411 e. The molecule has 5 rings (SSSR count). The summed E-state index contributed by atoms with van der Waals surface area (Å²) in [6.07, 6.45) is -0.686. The Labute approximate surface area is 188 Å². The fraction of sp³-hybridized carbons (Fsp3) is 0.160. The first-order chi connectivity index (χ1) is 15.4. The summed E-state index contributed by atoms with van der Waals surface area (Å²) in [5.41, 5.74) is 6.40. The van der Waals surface area contributed by atoms with Gasteiger partial charge in [0.2, 0.25) is 0 Å². The third-order valence-electron chi connectivity index (χ3n) is 5.75. The molecule has 0 unspecified atom stereocenters. The third kappa shape index (κ3) is 3.31. The Hall–Kier alpha value is -3.71. The van der Waals surface area contributed by atoms with Gasteiger partial charge in [-0.1, -0.05) is 48.5 Å². The summed E-state index contributed by atoms with van der Waals surface area (Å²) in [5, 5.41) is 13.0. The molecule has 0 spiro atoms. The minimum Gasteiger partial charge on any atom is -0.477 e. The maximum absolute atomic E-state index is 12.7. The molecule has 6 nitrogen and oxygen atoms in total. The molecular weight excluding hydrogens is 424 g/mol. The van der Waals surface area contributed by atoms with Gasteiger partial charge in [-0.25, -0.2) is 14.6 Å². The molecule has 160 valence electrons. The van der Waals surface area contributed by atoms with Crippen molar-refractivity contribution >= 4 is 39.3 Å². The van der Waals surface area contributed by atoms with Crippen LogP contribution in [0.5, 0.6) is 0 Å². The second-order valence-electron chi connectivity index (χ2n) is 7.82. The number of aromatic nitrogens is 1. The molecule has 0 saturated carbocycles. The fourth-order valence-corrected chi connectivity index (χ4v) is 5.54. The number of carboxylic acids is 1. The Morgan fingerprint density at radius 2 is 1.69 bits per heavy atom. The van der Waals surface area contributed by atoms with Gasteiger partial charge < -0.3 is 9.84 Å². The highest BCUT2D eigenvalue weighted by molar-refractivity contribution is 7.21. The van der Waals surface area contributed by atoms with Crippen LogP contribution >= 0.6 is 11.3 Å². The first-order valence-electron chi connectivity index (χ1n) is 10.2. The molecular formula is C25H20N2O4S. The number of pyridine rings is 1. The van der Waals surface area contributed by atoms with Crippen molar-refractivity contribution < 1.29 is 19.4 Å². The summed E-state index contributed by atoms with van der Waals surface area (Å²) in [6.45, 7) is 3.88. The van der Waals surface area contributed by atoms with E-state index in [1.807, 2.05) is 56.3 Å². The predicted molar refractivity (Wildman–Crippen MR) is 125 cm³/mol. The molecule has 2 N–H and O–H groups in total. The zero-order valence-electron chi connectivity index (χ0n) is 17.5. The number of aryl methyl sites for hydroxylation is 2. The van der Waals surface area contributed by atoms with Gasteiger partial charge in [0.05, 0.1) is 5.69 Å². The number of nitrogens with one attached hydrogen (secondary N) is 1. The number of anilines is 1. The number of nitrogens with zero attached hydrogens (tertiary/aromatic N) is 1. The van der Waals surface area contributed by atoms with E-state index < -0.39 is 12.1 Å². The summed E-state index contributed by atoms with van der Waals surface area (Å²) in [4.78, 5) is 29.6. The highest BCUT2D eigenvalue weighted by Gasteiger charge is 2.29. The van der Waals surface area contributed by atoms with Gasteiger partial charge in [0, 0.05) is 17.0 Å². The van der Waals surface area contributed by atoms with Crippen molar-refractivity contribution in [2.45, 2.75) is 19.8 Å². The van der Waals surface area contributed by atoms with Crippen molar-refractivity contribution in [3.63, 3.8) is 0 Å². The topological polar surface area (TPSA) is 88.5 Å². The van der Waals surface area contributed by atoms with Crippen LogP contribution in [-0.2, 0) is 4.74 Å². The second kappa shape index (κ2) is 7.76. The molecule has 0 saturated heterocycles. The summed E-state index contributed by atoms with van der Waals surface area (Å²) in [5.74, 6) is -1.18. The molecule has 1 aliphatic rings. The third-order valence-corrected chi connectivity index (χ3v) is 6.82. The molecule has 0 atom stereocenters. The van der Waals surface area contributed by atoms with Gasteiger partial charge in [0.25, 0.3) is 0 Å². The van der Waals surface area contributed by atoms with Crippen LogP contribution in [0.1, 0.15) is 38.0 Å². The zero-order chi connectivity index (χ0) is 22.4. The Morgan fingerprint density at radius 3 is 2.31 bits per heavy atom. The van der Waals surface area contributed by atoms with E-state index in [1.54, 1.807) is 0 Å². The van der Waals surface area contributed by atoms with E-state index in [9.17, 15) is 14.7 Å². The van der Waals surface area contributed by atoms with E-state index in [2.05, 4.69) is 22.4 Å². The van der Waals surface area contributed by atoms with Crippen LogP contribution in [0.3, 0.4) is 0 Å². The molecule has 7 heteroatoms. The number of amides is 1. The zero-order valence-corrected chi connectivity index (χ0v) is 18.3. The molecule has 0 radical (unpaired) electrons. The van der Waals surface area contributed by atoms with Gasteiger partial charge in [0.15, 0.2) is 0 Å². The molecule has 4 aromatic rings. The minimum atomic E-state index is -1.11. The Kier molecular flexibility index (Phi) is 4.90. The SMILES string of the molecule is Cc1cc(C)c2c(NC(=O)OCC3c4ccccc4-c4ccccc43)c(C(=O)O)sc2n1. The molecule has 0 fully saturated rings. The van der Waals surface area contributed by atoms with Crippen LogP contribution in [0.15, 0.2) is 54.6 Å². The van der Waals surface area contributed by atoms with Gasteiger partial charge in [-0.05, 0) is 47.7 Å². The van der Waals surface area contributed by atoms with Gasteiger partial charge >= 0.3 is 12.1 Å². The monoisotopic (exact) mass is 444 g/mol. The molecule has 1 aliphatic carbocycles. The molecule has 1 amide bonds. The lowest BCUT2D eigenvalue weighted by atomic mass is 9.98. The number of hydrogen-bond donors (Lipinski definition) is 2. The maximum atomic E-state index is 12.7. The standard InChI is InChI=1S/C25H20N2O4S/c1-13-11-14(2)26-23-20(13)21(22(32-23)24(28)29)27-25(30)31-12-19-17-9-5-3-7-15(17)16-8-4-6-10-18(16)19/h3-11,19H,12H2,1-2H3,(H,27,30)(H,28,29). The minimum absolute atomic E-state index is 0.0368. The van der Waals surface area contributed by atoms with Gasteiger partial charge in [-0.3, -0.25) is 5.32 Å². The number of aromatic carboxylic acids is 1. The van der Waals surface area contributed by atoms with Crippen molar-refractivity contribution in [1.29, 1.82) is 0 Å². The maximum Gasteiger partial charge on any atom is 0.411 e.